The summed E-state index contributed by atoms with van der Waals surface area (Å²) < 4.78 is 5.55. The predicted octanol–water partition coefficient (Wildman–Crippen LogP) is 1.59. The summed E-state index contributed by atoms with van der Waals surface area (Å²) in [4.78, 5) is 0. The van der Waals surface area contributed by atoms with Crippen LogP contribution >= 0.6 is 28.1 Å². The molecule has 0 spiro atoms. The van der Waals surface area contributed by atoms with Crippen LogP contribution in [0.5, 0.6) is 11.5 Å². The van der Waals surface area contributed by atoms with Gasteiger partial charge >= 0.3 is 0 Å². The summed E-state index contributed by atoms with van der Waals surface area (Å²) in [7, 11) is 3.18. The van der Waals surface area contributed by atoms with E-state index in [1.165, 1.54) is 7.11 Å². The zero-order chi connectivity index (χ0) is 12.8. The molecule has 92 valence electrons. The molecule has 0 heterocycles. The lowest BCUT2D eigenvalue weighted by Crippen LogP contribution is -2.28. The van der Waals surface area contributed by atoms with Crippen LogP contribution in [0.1, 0.15) is 5.56 Å². The van der Waals surface area contributed by atoms with Crippen LogP contribution in [0, 0.1) is 0 Å². The van der Waals surface area contributed by atoms with Gasteiger partial charge in [-0.2, -0.15) is 5.10 Å². The Bertz CT molecular complexity index is 451. The average molecular weight is 318 g/mol. The number of phenolic OH excluding ortho intramolecular Hbond substituents is 1. The van der Waals surface area contributed by atoms with E-state index in [0.717, 1.165) is 5.56 Å². The maximum atomic E-state index is 9.61. The summed E-state index contributed by atoms with van der Waals surface area (Å²) in [5.74, 6) is 0.431. The topological polar surface area (TPSA) is 65.9 Å². The molecule has 0 amide bonds. The zero-order valence-electron chi connectivity index (χ0n) is 9.32. The predicted molar refractivity (Wildman–Crippen MR) is 74.7 cm³/mol. The van der Waals surface area contributed by atoms with Crippen LogP contribution in [0.15, 0.2) is 21.7 Å². The second kappa shape index (κ2) is 6.41. The number of nitrogens with zero attached hydrogens (tertiary/aromatic N) is 1. The van der Waals surface area contributed by atoms with Crippen molar-refractivity contribution in [3.63, 3.8) is 0 Å². The number of benzene rings is 1. The number of hydrazone groups is 1. The summed E-state index contributed by atoms with van der Waals surface area (Å²) >= 11 is 8.08. The fourth-order valence-corrected chi connectivity index (χ4v) is 1.56. The number of hydrogen-bond acceptors (Lipinski definition) is 4. The smallest absolute Gasteiger partial charge is 0.186 e. The van der Waals surface area contributed by atoms with Crippen LogP contribution in [-0.2, 0) is 0 Å². The molecular formula is C10H12BrN3O2S. The number of aromatic hydroxyl groups is 1. The molecule has 1 rings (SSSR count). The SMILES string of the molecule is CNC(=S)NN=Cc1cc(Br)c(O)c(OC)c1. The van der Waals surface area contributed by atoms with Crippen molar-refractivity contribution >= 4 is 39.5 Å². The molecule has 0 fully saturated rings. The lowest BCUT2D eigenvalue weighted by atomic mass is 10.2. The number of thiocarbonyl (C=S) groups is 1. The van der Waals surface area contributed by atoms with Crippen LogP contribution < -0.4 is 15.5 Å². The highest BCUT2D eigenvalue weighted by Crippen LogP contribution is 2.34. The molecule has 0 saturated carbocycles. The Balaban J connectivity index is 2.85. The molecule has 17 heavy (non-hydrogen) atoms. The molecule has 0 aliphatic carbocycles. The Morgan fingerprint density at radius 1 is 1.59 bits per heavy atom. The number of rotatable bonds is 3. The van der Waals surface area contributed by atoms with Crippen molar-refractivity contribution in [3.05, 3.63) is 22.2 Å². The largest absolute Gasteiger partial charge is 0.503 e. The van der Waals surface area contributed by atoms with E-state index in [1.807, 2.05) is 0 Å². The maximum Gasteiger partial charge on any atom is 0.186 e. The third-order valence-electron chi connectivity index (χ3n) is 1.88. The average Bonchev–Trinajstić information content (AvgIpc) is 2.33. The molecule has 5 nitrogen and oxygen atoms in total. The van der Waals surface area contributed by atoms with E-state index in [2.05, 4.69) is 31.8 Å². The van der Waals surface area contributed by atoms with Gasteiger partial charge in [0, 0.05) is 7.05 Å². The highest BCUT2D eigenvalue weighted by Gasteiger charge is 2.07. The summed E-state index contributed by atoms with van der Waals surface area (Å²) in [6.45, 7) is 0. The van der Waals surface area contributed by atoms with Crippen molar-refractivity contribution < 1.29 is 9.84 Å². The van der Waals surface area contributed by atoms with E-state index in [0.29, 0.717) is 15.3 Å². The molecule has 0 radical (unpaired) electrons. The molecular weight excluding hydrogens is 306 g/mol. The molecule has 0 atom stereocenters. The Morgan fingerprint density at radius 3 is 2.88 bits per heavy atom. The van der Waals surface area contributed by atoms with Gasteiger partial charge < -0.3 is 15.2 Å². The van der Waals surface area contributed by atoms with Gasteiger partial charge in [-0.3, -0.25) is 5.43 Å². The molecule has 0 aliphatic heterocycles. The summed E-state index contributed by atoms with van der Waals surface area (Å²) in [6.07, 6.45) is 1.57. The number of halogens is 1. The third kappa shape index (κ3) is 3.86. The number of methoxy groups -OCH3 is 1. The number of ether oxygens (including phenoxy) is 1. The minimum Gasteiger partial charge on any atom is -0.503 e. The van der Waals surface area contributed by atoms with E-state index in [-0.39, 0.29) is 5.75 Å². The van der Waals surface area contributed by atoms with Crippen LogP contribution in [-0.4, -0.2) is 30.6 Å². The van der Waals surface area contributed by atoms with Gasteiger partial charge in [-0.1, -0.05) is 0 Å². The van der Waals surface area contributed by atoms with E-state index < -0.39 is 0 Å². The van der Waals surface area contributed by atoms with Crippen molar-refractivity contribution in [2.45, 2.75) is 0 Å². The molecule has 3 N–H and O–H groups in total. The monoisotopic (exact) mass is 317 g/mol. The van der Waals surface area contributed by atoms with E-state index in [4.69, 9.17) is 17.0 Å². The normalized spacial score (nSPS) is 10.3. The minimum atomic E-state index is 0.0587. The fraction of sp³-hybridized carbons (Fsp3) is 0.200. The molecule has 1 aromatic rings. The van der Waals surface area contributed by atoms with Gasteiger partial charge in [0.2, 0.25) is 0 Å². The quantitative estimate of drug-likeness (QED) is 0.449. The molecule has 7 heteroatoms. The molecule has 0 aliphatic rings. The number of phenols is 1. The van der Waals surface area contributed by atoms with Gasteiger partial charge in [0.25, 0.3) is 0 Å². The molecule has 0 aromatic heterocycles. The van der Waals surface area contributed by atoms with E-state index in [9.17, 15) is 5.11 Å². The van der Waals surface area contributed by atoms with Crippen molar-refractivity contribution in [2.75, 3.05) is 14.2 Å². The number of nitrogens with one attached hydrogen (secondary N) is 2. The van der Waals surface area contributed by atoms with E-state index in [1.54, 1.807) is 25.4 Å². The van der Waals surface area contributed by atoms with Crippen molar-refractivity contribution in [1.29, 1.82) is 0 Å². The van der Waals surface area contributed by atoms with Crippen LogP contribution in [0.25, 0.3) is 0 Å². The van der Waals surface area contributed by atoms with Crippen molar-refractivity contribution in [2.24, 2.45) is 5.10 Å². The highest BCUT2D eigenvalue weighted by atomic mass is 79.9. The van der Waals surface area contributed by atoms with Crippen LogP contribution in [0.3, 0.4) is 0 Å². The van der Waals surface area contributed by atoms with Gasteiger partial charge in [-0.25, -0.2) is 0 Å². The lowest BCUT2D eigenvalue weighted by Gasteiger charge is -2.06. The molecule has 0 unspecified atom stereocenters. The van der Waals surface area contributed by atoms with Crippen molar-refractivity contribution in [1.82, 2.24) is 10.7 Å². The first kappa shape index (κ1) is 13.7. The van der Waals surface area contributed by atoms with Crippen molar-refractivity contribution in [3.8, 4) is 11.5 Å². The van der Waals surface area contributed by atoms with Crippen LogP contribution in [0.4, 0.5) is 0 Å². The first-order valence-corrected chi connectivity index (χ1v) is 5.86. The second-order valence-electron chi connectivity index (χ2n) is 3.00. The molecule has 1 aromatic carbocycles. The second-order valence-corrected chi connectivity index (χ2v) is 4.27. The molecule has 0 saturated heterocycles. The Kier molecular flexibility index (Phi) is 5.17. The first-order chi connectivity index (χ1) is 8.08. The van der Waals surface area contributed by atoms with Gasteiger partial charge in [0.15, 0.2) is 16.6 Å². The Morgan fingerprint density at radius 2 is 2.29 bits per heavy atom. The van der Waals surface area contributed by atoms with E-state index >= 15 is 0 Å². The standard InChI is InChI=1S/C10H12BrN3O2S/c1-12-10(17)14-13-5-6-3-7(11)9(15)8(4-6)16-2/h3-5,15H,1-2H3,(H2,12,14,17). The highest BCUT2D eigenvalue weighted by molar-refractivity contribution is 9.10. The Hall–Kier alpha value is -1.34. The zero-order valence-corrected chi connectivity index (χ0v) is 11.7. The van der Waals surface area contributed by atoms with Gasteiger partial charge in [0.1, 0.15) is 0 Å². The summed E-state index contributed by atoms with van der Waals surface area (Å²) in [5.41, 5.74) is 3.39. The summed E-state index contributed by atoms with van der Waals surface area (Å²) in [6, 6.07) is 3.37. The van der Waals surface area contributed by atoms with Gasteiger partial charge in [0.05, 0.1) is 17.8 Å². The molecule has 0 bridgehead atoms. The van der Waals surface area contributed by atoms with Gasteiger partial charge in [-0.05, 0) is 45.8 Å². The third-order valence-corrected chi connectivity index (χ3v) is 2.78. The van der Waals surface area contributed by atoms with Gasteiger partial charge in [-0.15, -0.1) is 0 Å². The number of hydrogen-bond donors (Lipinski definition) is 3. The first-order valence-electron chi connectivity index (χ1n) is 4.65. The Labute approximate surface area is 113 Å². The summed E-state index contributed by atoms with van der Waals surface area (Å²) in [5, 5.41) is 16.7. The fourth-order valence-electron chi connectivity index (χ4n) is 1.05. The minimum absolute atomic E-state index is 0.0587. The maximum absolute atomic E-state index is 9.61. The lowest BCUT2D eigenvalue weighted by molar-refractivity contribution is 0.372. The van der Waals surface area contributed by atoms with Crippen LogP contribution in [0.2, 0.25) is 0 Å².